The van der Waals surface area contributed by atoms with Crippen molar-refractivity contribution in [3.8, 4) is 11.5 Å². The van der Waals surface area contributed by atoms with Gasteiger partial charge in [-0.3, -0.25) is 9.89 Å². The molecule has 0 atom stereocenters. The first kappa shape index (κ1) is 21.5. The topological polar surface area (TPSA) is 112 Å². The number of carbonyl (C=O) groups excluding carboxylic acids is 1. The normalized spacial score (nSPS) is 14.8. The van der Waals surface area contributed by atoms with Gasteiger partial charge >= 0.3 is 0 Å². The quantitative estimate of drug-likeness (QED) is 0.636. The third kappa shape index (κ3) is 4.71. The SMILES string of the molecule is CCN(CC)CCNS(=O)(=O)c1cc(-c2[nH]ncc2C(=O)N2CCCC2)oc1C. The minimum Gasteiger partial charge on any atom is -0.458 e. The summed E-state index contributed by atoms with van der Waals surface area (Å²) >= 11 is 0. The van der Waals surface area contributed by atoms with Gasteiger partial charge in [-0.2, -0.15) is 5.10 Å². The third-order valence-electron chi connectivity index (χ3n) is 5.29. The van der Waals surface area contributed by atoms with E-state index in [4.69, 9.17) is 4.42 Å². The first-order chi connectivity index (χ1) is 13.9. The van der Waals surface area contributed by atoms with Crippen LogP contribution in [0.15, 0.2) is 21.6 Å². The van der Waals surface area contributed by atoms with E-state index in [2.05, 4.69) is 19.8 Å². The number of hydrogen-bond donors (Lipinski definition) is 2. The van der Waals surface area contributed by atoms with Gasteiger partial charge in [-0.1, -0.05) is 13.8 Å². The Labute approximate surface area is 171 Å². The number of rotatable bonds is 9. The van der Waals surface area contributed by atoms with E-state index in [0.717, 1.165) is 39.0 Å². The number of H-pyrrole nitrogens is 1. The molecular weight excluding hydrogens is 394 g/mol. The van der Waals surface area contributed by atoms with Crippen LogP contribution < -0.4 is 4.72 Å². The van der Waals surface area contributed by atoms with Gasteiger partial charge in [0.2, 0.25) is 10.0 Å². The number of nitrogens with zero attached hydrogens (tertiary/aromatic N) is 3. The molecule has 2 aromatic heterocycles. The molecule has 0 radical (unpaired) electrons. The van der Waals surface area contributed by atoms with E-state index in [1.165, 1.54) is 12.3 Å². The van der Waals surface area contributed by atoms with Crippen molar-refractivity contribution in [3.05, 3.63) is 23.6 Å². The van der Waals surface area contributed by atoms with Gasteiger partial charge in [0, 0.05) is 32.2 Å². The molecule has 1 fully saturated rings. The van der Waals surface area contributed by atoms with Crippen LogP contribution in [-0.2, 0) is 10.0 Å². The van der Waals surface area contributed by atoms with Gasteiger partial charge in [0.05, 0.1) is 11.8 Å². The summed E-state index contributed by atoms with van der Waals surface area (Å²) in [6.45, 7) is 9.78. The molecule has 0 aliphatic carbocycles. The Morgan fingerprint density at radius 3 is 2.66 bits per heavy atom. The number of furan rings is 1. The molecule has 3 rings (SSSR count). The maximum absolute atomic E-state index is 12.7. The zero-order chi connectivity index (χ0) is 21.0. The summed E-state index contributed by atoms with van der Waals surface area (Å²) in [5.74, 6) is 0.429. The molecule has 1 amide bonds. The number of amides is 1. The highest BCUT2D eigenvalue weighted by Gasteiger charge is 2.27. The highest BCUT2D eigenvalue weighted by Crippen LogP contribution is 2.30. The van der Waals surface area contributed by atoms with Gasteiger partial charge in [0.1, 0.15) is 16.3 Å². The van der Waals surface area contributed by atoms with Crippen molar-refractivity contribution < 1.29 is 17.6 Å². The molecule has 1 saturated heterocycles. The molecule has 0 saturated carbocycles. The van der Waals surface area contributed by atoms with Crippen LogP contribution in [0.5, 0.6) is 0 Å². The van der Waals surface area contributed by atoms with Crippen LogP contribution >= 0.6 is 0 Å². The van der Waals surface area contributed by atoms with Crippen molar-refractivity contribution >= 4 is 15.9 Å². The first-order valence-electron chi connectivity index (χ1n) is 10.0. The van der Waals surface area contributed by atoms with Crippen LogP contribution in [-0.4, -0.2) is 73.6 Å². The molecule has 2 N–H and O–H groups in total. The lowest BCUT2D eigenvalue weighted by Gasteiger charge is -2.17. The van der Waals surface area contributed by atoms with Crippen molar-refractivity contribution in [2.75, 3.05) is 39.3 Å². The summed E-state index contributed by atoms with van der Waals surface area (Å²) in [6.07, 6.45) is 3.44. The molecular formula is C19H29N5O4S. The molecule has 1 aliphatic heterocycles. The highest BCUT2D eigenvalue weighted by atomic mass is 32.2. The van der Waals surface area contributed by atoms with Gasteiger partial charge in [0.25, 0.3) is 5.91 Å². The summed E-state index contributed by atoms with van der Waals surface area (Å²) in [4.78, 5) is 16.7. The Bertz CT molecular complexity index is 940. The largest absolute Gasteiger partial charge is 0.458 e. The standard InChI is InChI=1S/C19H29N5O4S/c1-4-23(5-2)11-8-21-29(26,27)17-12-16(28-14(17)3)18-15(13-20-22-18)19(25)24-9-6-7-10-24/h12-13,21H,4-11H2,1-3H3,(H,20,22). The second-order valence-corrected chi connectivity index (χ2v) is 8.85. The molecule has 0 aromatic carbocycles. The number of nitrogens with one attached hydrogen (secondary N) is 2. The Kier molecular flexibility index (Phi) is 6.76. The summed E-state index contributed by atoms with van der Waals surface area (Å²) in [5.41, 5.74) is 0.786. The molecule has 0 spiro atoms. The van der Waals surface area contributed by atoms with Crippen molar-refractivity contribution in [3.63, 3.8) is 0 Å². The molecule has 3 heterocycles. The second-order valence-electron chi connectivity index (χ2n) is 7.11. The summed E-state index contributed by atoms with van der Waals surface area (Å²) in [5, 5.41) is 6.76. The lowest BCUT2D eigenvalue weighted by atomic mass is 10.2. The van der Waals surface area contributed by atoms with Crippen LogP contribution in [0.3, 0.4) is 0 Å². The van der Waals surface area contributed by atoms with E-state index in [0.29, 0.717) is 24.3 Å². The maximum atomic E-state index is 12.7. The van der Waals surface area contributed by atoms with Crippen molar-refractivity contribution in [2.45, 2.75) is 38.5 Å². The molecule has 0 unspecified atom stereocenters. The van der Waals surface area contributed by atoms with Gasteiger partial charge in [-0.25, -0.2) is 13.1 Å². The Morgan fingerprint density at radius 1 is 1.31 bits per heavy atom. The zero-order valence-electron chi connectivity index (χ0n) is 17.2. The lowest BCUT2D eigenvalue weighted by Crippen LogP contribution is -2.34. The van der Waals surface area contributed by atoms with Crippen LogP contribution in [0.25, 0.3) is 11.5 Å². The van der Waals surface area contributed by atoms with E-state index in [1.807, 2.05) is 13.8 Å². The van der Waals surface area contributed by atoms with Gasteiger partial charge in [-0.15, -0.1) is 0 Å². The van der Waals surface area contributed by atoms with Gasteiger partial charge in [0.15, 0.2) is 5.76 Å². The molecule has 1 aliphatic rings. The van der Waals surface area contributed by atoms with Crippen LogP contribution in [0.2, 0.25) is 0 Å². The molecule has 2 aromatic rings. The number of likely N-dealkylation sites (N-methyl/N-ethyl adjacent to an activating group) is 1. The van der Waals surface area contributed by atoms with E-state index in [1.54, 1.807) is 11.8 Å². The average molecular weight is 424 g/mol. The van der Waals surface area contributed by atoms with E-state index in [9.17, 15) is 13.2 Å². The predicted molar refractivity (Wildman–Crippen MR) is 109 cm³/mol. The molecule has 0 bridgehead atoms. The van der Waals surface area contributed by atoms with E-state index < -0.39 is 10.0 Å². The van der Waals surface area contributed by atoms with Gasteiger partial charge in [-0.05, 0) is 32.9 Å². The fourth-order valence-corrected chi connectivity index (χ4v) is 4.74. The monoisotopic (exact) mass is 423 g/mol. The zero-order valence-corrected chi connectivity index (χ0v) is 18.0. The average Bonchev–Trinajstić information content (AvgIpc) is 3.44. The molecule has 160 valence electrons. The Balaban J connectivity index is 1.79. The smallest absolute Gasteiger partial charge is 0.257 e. The molecule has 29 heavy (non-hydrogen) atoms. The third-order valence-corrected chi connectivity index (χ3v) is 6.85. The first-order valence-corrected chi connectivity index (χ1v) is 11.5. The summed E-state index contributed by atoms with van der Waals surface area (Å²) in [6, 6.07) is 1.45. The number of aryl methyl sites for hydroxylation is 1. The van der Waals surface area contributed by atoms with E-state index >= 15 is 0 Å². The summed E-state index contributed by atoms with van der Waals surface area (Å²) in [7, 11) is -3.72. The maximum Gasteiger partial charge on any atom is 0.257 e. The van der Waals surface area contributed by atoms with E-state index in [-0.39, 0.29) is 22.3 Å². The van der Waals surface area contributed by atoms with Crippen molar-refractivity contribution in [1.29, 1.82) is 0 Å². The Morgan fingerprint density at radius 2 is 2.00 bits per heavy atom. The summed E-state index contributed by atoms with van der Waals surface area (Å²) < 4.78 is 33.8. The highest BCUT2D eigenvalue weighted by molar-refractivity contribution is 7.89. The Hall–Kier alpha value is -2.17. The minimum absolute atomic E-state index is 0.0706. The van der Waals surface area contributed by atoms with Crippen molar-refractivity contribution in [1.82, 2.24) is 24.7 Å². The second kappa shape index (κ2) is 9.10. The minimum atomic E-state index is -3.72. The number of carbonyl (C=O) groups is 1. The van der Waals surface area contributed by atoms with Crippen molar-refractivity contribution in [2.24, 2.45) is 0 Å². The number of aromatic nitrogens is 2. The molecule has 9 nitrogen and oxygen atoms in total. The van der Waals surface area contributed by atoms with Crippen LogP contribution in [0.1, 0.15) is 42.8 Å². The fourth-order valence-electron chi connectivity index (χ4n) is 3.54. The van der Waals surface area contributed by atoms with Crippen LogP contribution in [0.4, 0.5) is 0 Å². The number of sulfonamides is 1. The fraction of sp³-hybridized carbons (Fsp3) is 0.579. The lowest BCUT2D eigenvalue weighted by molar-refractivity contribution is 0.0793. The predicted octanol–water partition coefficient (Wildman–Crippen LogP) is 1.83. The number of aromatic amines is 1. The van der Waals surface area contributed by atoms with Gasteiger partial charge < -0.3 is 14.2 Å². The number of likely N-dealkylation sites (tertiary alicyclic amines) is 1. The molecule has 10 heteroatoms. The van der Waals surface area contributed by atoms with Crippen LogP contribution in [0, 0.1) is 6.92 Å². The number of hydrogen-bond acceptors (Lipinski definition) is 6.